The molecule has 0 saturated carbocycles. The zero-order chi connectivity index (χ0) is 13.5. The highest BCUT2D eigenvalue weighted by atomic mass is 32.2. The maximum absolute atomic E-state index is 11.8. The highest BCUT2D eigenvalue weighted by Crippen LogP contribution is 2.11. The van der Waals surface area contributed by atoms with Crippen molar-refractivity contribution in [2.45, 2.75) is 19.4 Å². The van der Waals surface area contributed by atoms with E-state index in [0.717, 1.165) is 11.1 Å². The first-order valence-electron chi connectivity index (χ1n) is 5.90. The number of rotatable bonds is 6. The van der Waals surface area contributed by atoms with Crippen LogP contribution in [0.1, 0.15) is 23.6 Å². The summed E-state index contributed by atoms with van der Waals surface area (Å²) < 4.78 is 10.8. The molecule has 0 radical (unpaired) electrons. The average molecular weight is 268 g/mol. The second-order valence-corrected chi connectivity index (χ2v) is 5.86. The van der Waals surface area contributed by atoms with E-state index in [2.05, 4.69) is 5.32 Å². The molecule has 100 valence electrons. The molecule has 2 unspecified atom stereocenters. The van der Waals surface area contributed by atoms with E-state index in [9.17, 15) is 9.00 Å². The van der Waals surface area contributed by atoms with E-state index in [4.69, 9.17) is 5.73 Å². The van der Waals surface area contributed by atoms with Crippen LogP contribution in [-0.2, 0) is 15.6 Å². The molecule has 0 aliphatic rings. The summed E-state index contributed by atoms with van der Waals surface area (Å²) in [5, 5.41) is 2.75. The second kappa shape index (κ2) is 7.28. The third-order valence-electron chi connectivity index (χ3n) is 2.63. The van der Waals surface area contributed by atoms with Crippen LogP contribution >= 0.6 is 0 Å². The molecule has 3 N–H and O–H groups in total. The molecule has 0 saturated heterocycles. The minimum Gasteiger partial charge on any atom is -0.354 e. The van der Waals surface area contributed by atoms with Gasteiger partial charge >= 0.3 is 0 Å². The highest BCUT2D eigenvalue weighted by molar-refractivity contribution is 7.84. The van der Waals surface area contributed by atoms with Gasteiger partial charge in [0, 0.05) is 29.4 Å². The van der Waals surface area contributed by atoms with Crippen molar-refractivity contribution in [2.24, 2.45) is 5.73 Å². The summed E-state index contributed by atoms with van der Waals surface area (Å²) in [5.41, 5.74) is 7.80. The zero-order valence-corrected chi connectivity index (χ0v) is 11.6. The largest absolute Gasteiger partial charge is 0.354 e. The Morgan fingerprint density at radius 1 is 1.39 bits per heavy atom. The third kappa shape index (κ3) is 4.98. The topological polar surface area (TPSA) is 72.2 Å². The Morgan fingerprint density at radius 2 is 2.00 bits per heavy atom. The van der Waals surface area contributed by atoms with E-state index < -0.39 is 16.8 Å². The highest BCUT2D eigenvalue weighted by Gasteiger charge is 2.14. The van der Waals surface area contributed by atoms with Crippen molar-refractivity contribution in [1.82, 2.24) is 5.32 Å². The first-order chi connectivity index (χ1) is 8.50. The van der Waals surface area contributed by atoms with Crippen molar-refractivity contribution in [3.63, 3.8) is 0 Å². The Kier molecular flexibility index (Phi) is 6.01. The molecule has 0 aliphatic heterocycles. The molecular formula is C13H20N2O2S. The number of nitrogens with one attached hydrogen (secondary N) is 1. The summed E-state index contributed by atoms with van der Waals surface area (Å²) in [6.07, 6.45) is 2.36. The quantitative estimate of drug-likeness (QED) is 0.752. The molecule has 1 amide bonds. The van der Waals surface area contributed by atoms with Crippen LogP contribution in [-0.4, -0.2) is 28.7 Å². The zero-order valence-electron chi connectivity index (χ0n) is 10.8. The molecule has 1 aromatic carbocycles. The van der Waals surface area contributed by atoms with Crippen LogP contribution in [0.3, 0.4) is 0 Å². The molecule has 18 heavy (non-hydrogen) atoms. The van der Waals surface area contributed by atoms with E-state index in [1.807, 2.05) is 31.2 Å². The molecule has 5 heteroatoms. The first-order valence-corrected chi connectivity index (χ1v) is 7.63. The molecular weight excluding hydrogens is 248 g/mol. The summed E-state index contributed by atoms with van der Waals surface area (Å²) in [5.74, 6) is 0.404. The van der Waals surface area contributed by atoms with E-state index in [-0.39, 0.29) is 5.91 Å². The predicted molar refractivity (Wildman–Crippen MR) is 74.7 cm³/mol. The van der Waals surface area contributed by atoms with E-state index in [1.54, 1.807) is 6.26 Å². The summed E-state index contributed by atoms with van der Waals surface area (Å²) in [7, 11) is -0.812. The van der Waals surface area contributed by atoms with Crippen LogP contribution in [0.5, 0.6) is 0 Å². The first kappa shape index (κ1) is 14.9. The van der Waals surface area contributed by atoms with Gasteiger partial charge in [0.2, 0.25) is 5.91 Å². The van der Waals surface area contributed by atoms with Gasteiger partial charge in [0.1, 0.15) is 6.04 Å². The monoisotopic (exact) mass is 268 g/mol. The van der Waals surface area contributed by atoms with E-state index in [0.29, 0.717) is 18.7 Å². The lowest BCUT2D eigenvalue weighted by molar-refractivity contribution is -0.122. The molecule has 2 atom stereocenters. The van der Waals surface area contributed by atoms with Gasteiger partial charge in [-0.1, -0.05) is 29.8 Å². The van der Waals surface area contributed by atoms with Gasteiger partial charge in [-0.25, -0.2) is 0 Å². The Bertz CT molecular complexity index is 418. The predicted octanol–water partition coefficient (Wildman–Crippen LogP) is 0.880. The van der Waals surface area contributed by atoms with Crippen LogP contribution < -0.4 is 11.1 Å². The van der Waals surface area contributed by atoms with Gasteiger partial charge in [0.05, 0.1) is 0 Å². The number of carbonyl (C=O) groups excluding carboxylic acids is 1. The number of hydrogen-bond acceptors (Lipinski definition) is 3. The van der Waals surface area contributed by atoms with Crippen LogP contribution in [0.2, 0.25) is 0 Å². The minimum absolute atomic E-state index is 0.194. The SMILES string of the molecule is Cc1ccc(C(N)C(=O)NCCCS(C)=O)cc1. The second-order valence-electron chi connectivity index (χ2n) is 4.31. The summed E-state index contributed by atoms with van der Waals surface area (Å²) >= 11 is 0. The lowest BCUT2D eigenvalue weighted by Crippen LogP contribution is -2.35. The normalized spacial score (nSPS) is 13.9. The van der Waals surface area contributed by atoms with Crippen LogP contribution in [0.25, 0.3) is 0 Å². The van der Waals surface area contributed by atoms with Crippen molar-refractivity contribution in [2.75, 3.05) is 18.6 Å². The molecule has 0 bridgehead atoms. The molecule has 0 spiro atoms. The average Bonchev–Trinajstić information content (AvgIpc) is 2.34. The van der Waals surface area contributed by atoms with Gasteiger partial charge in [-0.3, -0.25) is 9.00 Å². The summed E-state index contributed by atoms with van der Waals surface area (Å²) in [6, 6.07) is 6.95. The standard InChI is InChI=1S/C13H20N2O2S/c1-10-4-6-11(7-5-10)12(14)13(16)15-8-3-9-18(2)17/h4-7,12H,3,8-9,14H2,1-2H3,(H,15,16). The van der Waals surface area contributed by atoms with Gasteiger partial charge < -0.3 is 11.1 Å². The fourth-order valence-corrected chi connectivity index (χ4v) is 2.07. The summed E-state index contributed by atoms with van der Waals surface area (Å²) in [4.78, 5) is 11.8. The smallest absolute Gasteiger partial charge is 0.241 e. The van der Waals surface area contributed by atoms with Crippen molar-refractivity contribution in [3.05, 3.63) is 35.4 Å². The van der Waals surface area contributed by atoms with Crippen LogP contribution in [0.4, 0.5) is 0 Å². The number of nitrogens with two attached hydrogens (primary N) is 1. The number of hydrogen-bond donors (Lipinski definition) is 2. The van der Waals surface area contributed by atoms with Crippen molar-refractivity contribution in [1.29, 1.82) is 0 Å². The van der Waals surface area contributed by atoms with Gasteiger partial charge in [-0.05, 0) is 18.9 Å². The van der Waals surface area contributed by atoms with Crippen LogP contribution in [0, 0.1) is 6.92 Å². The Morgan fingerprint density at radius 3 is 2.56 bits per heavy atom. The van der Waals surface area contributed by atoms with Gasteiger partial charge in [0.25, 0.3) is 0 Å². The van der Waals surface area contributed by atoms with Gasteiger partial charge in [-0.15, -0.1) is 0 Å². The maximum atomic E-state index is 11.8. The molecule has 0 fully saturated rings. The Labute approximate surface area is 110 Å². The number of amides is 1. The lowest BCUT2D eigenvalue weighted by atomic mass is 10.1. The van der Waals surface area contributed by atoms with Crippen molar-refractivity contribution in [3.8, 4) is 0 Å². The molecule has 4 nitrogen and oxygen atoms in total. The number of aryl methyl sites for hydroxylation is 1. The minimum atomic E-state index is -0.812. The van der Waals surface area contributed by atoms with Crippen LogP contribution in [0.15, 0.2) is 24.3 Å². The van der Waals surface area contributed by atoms with Crippen molar-refractivity contribution < 1.29 is 9.00 Å². The van der Waals surface area contributed by atoms with E-state index in [1.165, 1.54) is 0 Å². The number of benzene rings is 1. The fraction of sp³-hybridized carbons (Fsp3) is 0.462. The summed E-state index contributed by atoms with van der Waals surface area (Å²) in [6.45, 7) is 2.50. The fourth-order valence-electron chi connectivity index (χ4n) is 1.52. The molecule has 1 aromatic rings. The number of carbonyl (C=O) groups is 1. The third-order valence-corrected chi connectivity index (χ3v) is 3.49. The maximum Gasteiger partial charge on any atom is 0.241 e. The Hall–Kier alpha value is -1.20. The molecule has 0 aromatic heterocycles. The lowest BCUT2D eigenvalue weighted by Gasteiger charge is -2.12. The van der Waals surface area contributed by atoms with Gasteiger partial charge in [-0.2, -0.15) is 0 Å². The Balaban J connectivity index is 2.41. The van der Waals surface area contributed by atoms with Gasteiger partial charge in [0.15, 0.2) is 0 Å². The molecule has 0 heterocycles. The van der Waals surface area contributed by atoms with Crippen molar-refractivity contribution >= 4 is 16.7 Å². The molecule has 0 aliphatic carbocycles. The van der Waals surface area contributed by atoms with E-state index >= 15 is 0 Å². The molecule has 1 rings (SSSR count).